The minimum atomic E-state index is -0.845. The molecule has 2 aromatic carbocycles. The first-order chi connectivity index (χ1) is 16.9. The van der Waals surface area contributed by atoms with Crippen LogP contribution in [0.1, 0.15) is 78.1 Å². The number of carbonyl (C=O) groups excluding carboxylic acids is 4. The van der Waals surface area contributed by atoms with Crippen molar-refractivity contribution in [2.24, 2.45) is 0 Å². The predicted octanol–water partition coefficient (Wildman–Crippen LogP) is 4.67. The Morgan fingerprint density at radius 3 is 2.26 bits per heavy atom. The summed E-state index contributed by atoms with van der Waals surface area (Å²) in [6.07, 6.45) is 5.81. The van der Waals surface area contributed by atoms with E-state index in [-0.39, 0.29) is 30.9 Å². The normalized spacial score (nSPS) is 18.9. The van der Waals surface area contributed by atoms with Crippen LogP contribution in [-0.4, -0.2) is 47.3 Å². The largest absolute Gasteiger partial charge is 0.462 e. The zero-order chi connectivity index (χ0) is 24.9. The second kappa shape index (κ2) is 10.8. The minimum Gasteiger partial charge on any atom is -0.462 e. The van der Waals surface area contributed by atoms with Crippen molar-refractivity contribution in [3.63, 3.8) is 0 Å². The highest BCUT2D eigenvalue weighted by Gasteiger charge is 2.46. The predicted molar refractivity (Wildman–Crippen MR) is 132 cm³/mol. The van der Waals surface area contributed by atoms with Crippen LogP contribution in [0.2, 0.25) is 0 Å². The lowest BCUT2D eigenvalue weighted by molar-refractivity contribution is -0.123. The molecule has 0 radical (unpaired) electrons. The maximum atomic E-state index is 13.8. The molecule has 4 rings (SSSR count). The van der Waals surface area contributed by atoms with Gasteiger partial charge in [-0.05, 0) is 62.6 Å². The molecule has 2 aliphatic rings. The lowest BCUT2D eigenvalue weighted by atomic mass is 10.00. The van der Waals surface area contributed by atoms with Gasteiger partial charge in [-0.25, -0.2) is 9.69 Å². The van der Waals surface area contributed by atoms with Gasteiger partial charge in [-0.3, -0.25) is 14.4 Å². The number of aryl methyl sites for hydroxylation is 1. The molecule has 1 aliphatic carbocycles. The summed E-state index contributed by atoms with van der Waals surface area (Å²) in [7, 11) is 0. The van der Waals surface area contributed by atoms with Gasteiger partial charge < -0.3 is 9.64 Å². The highest BCUT2D eigenvalue weighted by Crippen LogP contribution is 2.32. The van der Waals surface area contributed by atoms with Crippen LogP contribution in [-0.2, 0) is 14.3 Å². The highest BCUT2D eigenvalue weighted by molar-refractivity contribution is 6.23. The lowest BCUT2D eigenvalue weighted by Crippen LogP contribution is -2.51. The Morgan fingerprint density at radius 1 is 0.971 bits per heavy atom. The van der Waals surface area contributed by atoms with E-state index < -0.39 is 17.9 Å². The third kappa shape index (κ3) is 5.14. The summed E-state index contributed by atoms with van der Waals surface area (Å²) in [5.41, 5.74) is 2.15. The summed E-state index contributed by atoms with van der Waals surface area (Å²) in [6, 6.07) is 12.7. The molecule has 35 heavy (non-hydrogen) atoms. The number of anilines is 1. The second-order valence-electron chi connectivity index (χ2n) is 9.23. The molecule has 2 aromatic rings. The van der Waals surface area contributed by atoms with Crippen molar-refractivity contribution in [1.29, 1.82) is 0 Å². The quantitative estimate of drug-likeness (QED) is 0.344. The molecular formula is C28H32N2O5. The molecule has 1 saturated heterocycles. The van der Waals surface area contributed by atoms with Gasteiger partial charge in [-0.2, -0.15) is 0 Å². The van der Waals surface area contributed by atoms with Crippen molar-refractivity contribution >= 4 is 29.4 Å². The number of carbonyl (C=O) groups is 4. The Labute approximate surface area is 206 Å². The van der Waals surface area contributed by atoms with E-state index >= 15 is 0 Å². The van der Waals surface area contributed by atoms with Crippen LogP contribution in [0.5, 0.6) is 0 Å². The molecule has 3 amide bonds. The van der Waals surface area contributed by atoms with Gasteiger partial charge in [-0.1, -0.05) is 43.9 Å². The van der Waals surface area contributed by atoms with Crippen LogP contribution < -0.4 is 4.90 Å². The van der Waals surface area contributed by atoms with E-state index in [1.165, 1.54) is 0 Å². The third-order valence-corrected chi connectivity index (χ3v) is 6.92. The molecule has 184 valence electrons. The van der Waals surface area contributed by atoms with E-state index in [2.05, 4.69) is 0 Å². The Bertz CT molecular complexity index is 1100. The fourth-order valence-electron chi connectivity index (χ4n) is 5.12. The maximum Gasteiger partial charge on any atom is 0.338 e. The monoisotopic (exact) mass is 476 g/mol. The summed E-state index contributed by atoms with van der Waals surface area (Å²) in [5.74, 6) is -1.40. The summed E-state index contributed by atoms with van der Waals surface area (Å²) in [5, 5.41) is 0. The first kappa shape index (κ1) is 24.6. The molecule has 1 aliphatic heterocycles. The summed E-state index contributed by atoms with van der Waals surface area (Å²) >= 11 is 0. The Morgan fingerprint density at radius 2 is 1.63 bits per heavy atom. The average molecular weight is 477 g/mol. The van der Waals surface area contributed by atoms with Gasteiger partial charge in [0.05, 0.1) is 24.3 Å². The van der Waals surface area contributed by atoms with Gasteiger partial charge in [0.2, 0.25) is 5.91 Å². The number of nitrogens with zero attached hydrogens (tertiary/aromatic N) is 2. The van der Waals surface area contributed by atoms with Crippen LogP contribution in [0.15, 0.2) is 48.5 Å². The van der Waals surface area contributed by atoms with E-state index in [0.29, 0.717) is 16.8 Å². The molecular weight excluding hydrogens is 444 g/mol. The second-order valence-corrected chi connectivity index (χ2v) is 9.23. The summed E-state index contributed by atoms with van der Waals surface area (Å²) < 4.78 is 5.01. The molecule has 1 heterocycles. The van der Waals surface area contributed by atoms with Crippen LogP contribution in [0.4, 0.5) is 5.69 Å². The van der Waals surface area contributed by atoms with E-state index in [4.69, 9.17) is 4.74 Å². The van der Waals surface area contributed by atoms with Gasteiger partial charge >= 0.3 is 5.97 Å². The zero-order valence-electron chi connectivity index (χ0n) is 20.4. The number of hydrogen-bond acceptors (Lipinski definition) is 5. The Balaban J connectivity index is 1.64. The molecule has 0 aromatic heterocycles. The molecule has 0 bridgehead atoms. The Hall–Kier alpha value is -3.48. The molecule has 2 fully saturated rings. The topological polar surface area (TPSA) is 84.0 Å². The number of amides is 3. The number of rotatable bonds is 6. The van der Waals surface area contributed by atoms with E-state index in [1.54, 1.807) is 42.2 Å². The number of esters is 1. The van der Waals surface area contributed by atoms with E-state index in [9.17, 15) is 19.2 Å². The van der Waals surface area contributed by atoms with Crippen molar-refractivity contribution < 1.29 is 23.9 Å². The molecule has 1 saturated carbocycles. The van der Waals surface area contributed by atoms with Crippen LogP contribution >= 0.6 is 0 Å². The van der Waals surface area contributed by atoms with Gasteiger partial charge in [0, 0.05) is 11.6 Å². The molecule has 7 heteroatoms. The minimum absolute atomic E-state index is 0.0490. The number of benzene rings is 2. The molecule has 0 N–H and O–H groups in total. The van der Waals surface area contributed by atoms with Gasteiger partial charge in [-0.15, -0.1) is 0 Å². The maximum absolute atomic E-state index is 13.8. The van der Waals surface area contributed by atoms with E-state index in [0.717, 1.165) is 49.0 Å². The lowest BCUT2D eigenvalue weighted by Gasteiger charge is -2.35. The van der Waals surface area contributed by atoms with Crippen LogP contribution in [0, 0.1) is 6.92 Å². The SMILES string of the molecule is CCOC(=O)c1ccc(N2C(=O)CC(N(C(=O)c3ccccc3C)C3CCCCCC3)C2=O)cc1. The number of imide groups is 1. The van der Waals surface area contributed by atoms with Crippen LogP contribution in [0.25, 0.3) is 0 Å². The van der Waals surface area contributed by atoms with E-state index in [1.807, 2.05) is 25.1 Å². The van der Waals surface area contributed by atoms with Crippen molar-refractivity contribution in [2.45, 2.75) is 70.9 Å². The van der Waals surface area contributed by atoms with Gasteiger partial charge in [0.25, 0.3) is 11.8 Å². The highest BCUT2D eigenvalue weighted by atomic mass is 16.5. The summed E-state index contributed by atoms with van der Waals surface area (Å²) in [6.45, 7) is 3.88. The van der Waals surface area contributed by atoms with Crippen molar-refractivity contribution in [1.82, 2.24) is 4.90 Å². The molecule has 7 nitrogen and oxygen atoms in total. The molecule has 0 spiro atoms. The smallest absolute Gasteiger partial charge is 0.338 e. The van der Waals surface area contributed by atoms with Gasteiger partial charge in [0.15, 0.2) is 0 Å². The van der Waals surface area contributed by atoms with Gasteiger partial charge in [0.1, 0.15) is 6.04 Å². The fourth-order valence-corrected chi connectivity index (χ4v) is 5.12. The molecule has 1 unspecified atom stereocenters. The molecule has 1 atom stereocenters. The van der Waals surface area contributed by atoms with Crippen molar-refractivity contribution in [3.8, 4) is 0 Å². The first-order valence-electron chi connectivity index (χ1n) is 12.4. The van der Waals surface area contributed by atoms with Crippen LogP contribution in [0.3, 0.4) is 0 Å². The zero-order valence-corrected chi connectivity index (χ0v) is 20.4. The average Bonchev–Trinajstić information content (AvgIpc) is 3.01. The third-order valence-electron chi connectivity index (χ3n) is 6.92. The van der Waals surface area contributed by atoms with Crippen molar-refractivity contribution in [3.05, 3.63) is 65.2 Å². The van der Waals surface area contributed by atoms with Crippen molar-refractivity contribution in [2.75, 3.05) is 11.5 Å². The summed E-state index contributed by atoms with van der Waals surface area (Å²) in [4.78, 5) is 55.4. The fraction of sp³-hybridized carbons (Fsp3) is 0.429. The Kier molecular flexibility index (Phi) is 7.63. The standard InChI is InChI=1S/C28H32N2O5/c1-3-35-28(34)20-14-16-22(17-15-20)30-25(31)18-24(27(30)33)29(21-11-6-4-5-7-12-21)26(32)23-13-9-8-10-19(23)2/h8-10,13-17,21,24H,3-7,11-12,18H2,1-2H3. The number of ether oxygens (including phenoxy) is 1. The number of hydrogen-bond donors (Lipinski definition) is 0. The first-order valence-corrected chi connectivity index (χ1v) is 12.4.